The van der Waals surface area contributed by atoms with Crippen molar-refractivity contribution in [3.05, 3.63) is 63.6 Å². The van der Waals surface area contributed by atoms with E-state index in [2.05, 4.69) is 19.2 Å². The molecule has 3 amide bonds. The molecule has 0 saturated carbocycles. The number of rotatable bonds is 6. The quantitative estimate of drug-likeness (QED) is 0.759. The standard InChI is InChI=1S/C22H25N3O4/c1-14(2)16-5-4-6-17(13-16)24-11-9-15(3)20(22(24)29)21(28)23-10-12-25-18(26)7-8-19(25)27/h4-6,9,11,13-14H,7-8,10,12H2,1-3H3,(H,23,28). The number of nitrogens with zero attached hydrogens (tertiary/aromatic N) is 2. The molecule has 0 unspecified atom stereocenters. The summed E-state index contributed by atoms with van der Waals surface area (Å²) in [5.74, 6) is -0.657. The SMILES string of the molecule is Cc1ccn(-c2cccc(C(C)C)c2)c(=O)c1C(=O)NCCN1C(=O)CCC1=O. The highest BCUT2D eigenvalue weighted by atomic mass is 16.2. The van der Waals surface area contributed by atoms with E-state index in [9.17, 15) is 19.2 Å². The van der Waals surface area contributed by atoms with Crippen LogP contribution in [0.4, 0.5) is 0 Å². The number of carbonyl (C=O) groups excluding carboxylic acids is 3. The Balaban J connectivity index is 1.81. The predicted octanol–water partition coefficient (Wildman–Crippen LogP) is 2.15. The molecule has 0 spiro atoms. The van der Waals surface area contributed by atoms with Gasteiger partial charge in [0.15, 0.2) is 0 Å². The number of likely N-dealkylation sites (tertiary alicyclic amines) is 1. The number of pyridine rings is 1. The third kappa shape index (κ3) is 4.29. The molecule has 1 aliphatic rings. The summed E-state index contributed by atoms with van der Waals surface area (Å²) in [5, 5.41) is 2.66. The third-order valence-corrected chi connectivity index (χ3v) is 5.12. The summed E-state index contributed by atoms with van der Waals surface area (Å²) in [6.45, 7) is 6.07. The van der Waals surface area contributed by atoms with Gasteiger partial charge in [-0.1, -0.05) is 26.0 Å². The topological polar surface area (TPSA) is 88.5 Å². The average molecular weight is 395 g/mol. The van der Waals surface area contributed by atoms with E-state index < -0.39 is 11.5 Å². The van der Waals surface area contributed by atoms with Crippen molar-refractivity contribution < 1.29 is 14.4 Å². The molecule has 1 fully saturated rings. The molecule has 7 nitrogen and oxygen atoms in total. The van der Waals surface area contributed by atoms with Crippen LogP contribution in [0.15, 0.2) is 41.3 Å². The Hall–Kier alpha value is -3.22. The third-order valence-electron chi connectivity index (χ3n) is 5.12. The van der Waals surface area contributed by atoms with Crippen molar-refractivity contribution in [2.24, 2.45) is 0 Å². The van der Waals surface area contributed by atoms with Crippen molar-refractivity contribution in [3.63, 3.8) is 0 Å². The first-order chi connectivity index (χ1) is 13.8. The summed E-state index contributed by atoms with van der Waals surface area (Å²) in [5.41, 5.74) is 2.01. The summed E-state index contributed by atoms with van der Waals surface area (Å²) >= 11 is 0. The molecule has 0 radical (unpaired) electrons. The minimum Gasteiger partial charge on any atom is -0.350 e. The minimum absolute atomic E-state index is 0.0570. The van der Waals surface area contributed by atoms with Gasteiger partial charge in [-0.25, -0.2) is 0 Å². The van der Waals surface area contributed by atoms with Crippen molar-refractivity contribution in [2.45, 2.75) is 39.5 Å². The average Bonchev–Trinajstić information content (AvgIpc) is 3.00. The van der Waals surface area contributed by atoms with Gasteiger partial charge in [0.05, 0.1) is 0 Å². The lowest BCUT2D eigenvalue weighted by atomic mass is 10.0. The smallest absolute Gasteiger partial charge is 0.268 e. The minimum atomic E-state index is -0.513. The van der Waals surface area contributed by atoms with Gasteiger partial charge < -0.3 is 5.32 Å². The number of carbonyl (C=O) groups is 3. The molecular weight excluding hydrogens is 370 g/mol. The Morgan fingerprint density at radius 3 is 2.45 bits per heavy atom. The van der Waals surface area contributed by atoms with Crippen molar-refractivity contribution >= 4 is 17.7 Å². The molecule has 0 bridgehead atoms. The highest BCUT2D eigenvalue weighted by Gasteiger charge is 2.28. The maximum absolute atomic E-state index is 13.0. The van der Waals surface area contributed by atoms with E-state index in [1.807, 2.05) is 24.3 Å². The Kier molecular flexibility index (Phi) is 5.96. The van der Waals surface area contributed by atoms with Gasteiger partial charge in [0.1, 0.15) is 5.56 Å². The number of benzene rings is 1. The second kappa shape index (κ2) is 8.43. The van der Waals surface area contributed by atoms with Crippen molar-refractivity contribution in [1.29, 1.82) is 0 Å². The molecule has 29 heavy (non-hydrogen) atoms. The van der Waals surface area contributed by atoms with Crippen LogP contribution in [0.25, 0.3) is 5.69 Å². The van der Waals surface area contributed by atoms with Crippen molar-refractivity contribution in [2.75, 3.05) is 13.1 Å². The molecule has 1 aromatic carbocycles. The molecule has 1 aromatic heterocycles. The van der Waals surface area contributed by atoms with Crippen LogP contribution in [0.1, 0.15) is 54.1 Å². The van der Waals surface area contributed by atoms with Crippen molar-refractivity contribution in [3.8, 4) is 5.69 Å². The van der Waals surface area contributed by atoms with E-state index >= 15 is 0 Å². The van der Waals surface area contributed by atoms with Gasteiger partial charge in [0.25, 0.3) is 11.5 Å². The van der Waals surface area contributed by atoms with Gasteiger partial charge in [-0.15, -0.1) is 0 Å². The van der Waals surface area contributed by atoms with Gasteiger partial charge >= 0.3 is 0 Å². The molecule has 1 N–H and O–H groups in total. The lowest BCUT2D eigenvalue weighted by Gasteiger charge is -2.15. The summed E-state index contributed by atoms with van der Waals surface area (Å²) in [4.78, 5) is 50.1. The first-order valence-corrected chi connectivity index (χ1v) is 9.73. The van der Waals surface area contributed by atoms with E-state index in [-0.39, 0.29) is 43.3 Å². The number of nitrogens with one attached hydrogen (secondary N) is 1. The van der Waals surface area contributed by atoms with Crippen LogP contribution in [0.2, 0.25) is 0 Å². The highest BCUT2D eigenvalue weighted by molar-refractivity contribution is 6.02. The van der Waals surface area contributed by atoms with Crippen LogP contribution in [-0.4, -0.2) is 40.3 Å². The molecule has 7 heteroatoms. The fraction of sp³-hybridized carbons (Fsp3) is 0.364. The number of hydrogen-bond donors (Lipinski definition) is 1. The molecule has 2 heterocycles. The number of imide groups is 1. The Labute approximate surface area is 169 Å². The van der Waals surface area contributed by atoms with E-state index in [0.29, 0.717) is 17.2 Å². The lowest BCUT2D eigenvalue weighted by Crippen LogP contribution is -2.40. The highest BCUT2D eigenvalue weighted by Crippen LogP contribution is 2.18. The van der Waals surface area contributed by atoms with Gasteiger partial charge in [-0.3, -0.25) is 28.6 Å². The Morgan fingerprint density at radius 2 is 1.79 bits per heavy atom. The molecule has 1 aliphatic heterocycles. The first-order valence-electron chi connectivity index (χ1n) is 9.73. The van der Waals surface area contributed by atoms with Gasteiger partial charge in [-0.2, -0.15) is 0 Å². The molecule has 1 saturated heterocycles. The molecular formula is C22H25N3O4. The first kappa shape index (κ1) is 20.5. The van der Waals surface area contributed by atoms with Crippen molar-refractivity contribution in [1.82, 2.24) is 14.8 Å². The van der Waals surface area contributed by atoms with Crippen LogP contribution in [0.3, 0.4) is 0 Å². The molecule has 2 aromatic rings. The lowest BCUT2D eigenvalue weighted by molar-refractivity contribution is -0.138. The number of aromatic nitrogens is 1. The zero-order valence-electron chi connectivity index (χ0n) is 16.9. The van der Waals surface area contributed by atoms with Gasteiger partial charge in [0.2, 0.25) is 11.8 Å². The molecule has 0 atom stereocenters. The summed E-state index contributed by atoms with van der Waals surface area (Å²) in [6.07, 6.45) is 2.09. The fourth-order valence-electron chi connectivity index (χ4n) is 3.38. The fourth-order valence-corrected chi connectivity index (χ4v) is 3.38. The largest absolute Gasteiger partial charge is 0.350 e. The van der Waals surface area contributed by atoms with Crippen LogP contribution in [0.5, 0.6) is 0 Å². The predicted molar refractivity (Wildman–Crippen MR) is 109 cm³/mol. The Bertz CT molecular complexity index is 1010. The van der Waals surface area contributed by atoms with Crippen LogP contribution in [0, 0.1) is 6.92 Å². The normalized spacial score (nSPS) is 14.0. The van der Waals surface area contributed by atoms with Gasteiger partial charge in [0, 0.05) is 37.8 Å². The van der Waals surface area contributed by atoms with Crippen LogP contribution >= 0.6 is 0 Å². The molecule has 152 valence electrons. The monoisotopic (exact) mass is 395 g/mol. The maximum Gasteiger partial charge on any atom is 0.268 e. The number of hydrogen-bond acceptors (Lipinski definition) is 4. The second-order valence-electron chi connectivity index (χ2n) is 7.49. The van der Waals surface area contributed by atoms with E-state index in [1.54, 1.807) is 19.2 Å². The van der Waals surface area contributed by atoms with E-state index in [4.69, 9.17) is 0 Å². The maximum atomic E-state index is 13.0. The van der Waals surface area contributed by atoms with Gasteiger partial charge in [-0.05, 0) is 42.2 Å². The summed E-state index contributed by atoms with van der Waals surface area (Å²) in [6, 6.07) is 9.39. The summed E-state index contributed by atoms with van der Waals surface area (Å²) in [7, 11) is 0. The van der Waals surface area contributed by atoms with E-state index in [0.717, 1.165) is 10.5 Å². The number of aryl methyl sites for hydroxylation is 1. The summed E-state index contributed by atoms with van der Waals surface area (Å²) < 4.78 is 1.46. The Morgan fingerprint density at radius 1 is 1.10 bits per heavy atom. The zero-order chi connectivity index (χ0) is 21.1. The second-order valence-corrected chi connectivity index (χ2v) is 7.49. The number of amides is 3. The van der Waals surface area contributed by atoms with Crippen LogP contribution < -0.4 is 10.9 Å². The zero-order valence-corrected chi connectivity index (χ0v) is 16.9. The molecule has 0 aliphatic carbocycles. The molecule has 3 rings (SSSR count). The van der Waals surface area contributed by atoms with E-state index in [1.165, 1.54) is 4.57 Å². The van der Waals surface area contributed by atoms with Crippen LogP contribution in [-0.2, 0) is 9.59 Å².